The number of nitrogens with zero attached hydrogens (tertiary/aromatic N) is 1. The first-order chi connectivity index (χ1) is 10.5. The number of carbonyl (C=O) groups excluding carboxylic acids is 1. The monoisotopic (exact) mass is 339 g/mol. The van der Waals surface area contributed by atoms with Gasteiger partial charge < -0.3 is 9.64 Å². The molecule has 0 fully saturated rings. The van der Waals surface area contributed by atoms with Gasteiger partial charge >= 0.3 is 5.97 Å². The number of para-hydroxylation sites is 1. The molecule has 0 unspecified atom stereocenters. The standard InChI is InChI=1S/C9H8Cl2O2.C8H11N/c10-8(11)9(12)13-6-7-4-2-1-3-5-7;1-9(2)8-6-4-3-5-7-8/h1-5,8H,6H2;3-7H,1-2H3. The number of esters is 1. The molecule has 0 saturated carbocycles. The Balaban J connectivity index is 0.000000235. The van der Waals surface area contributed by atoms with E-state index in [1.807, 2.05) is 62.6 Å². The summed E-state index contributed by atoms with van der Waals surface area (Å²) < 4.78 is 4.79. The fraction of sp³-hybridized carbons (Fsp3) is 0.235. The van der Waals surface area contributed by atoms with E-state index in [9.17, 15) is 4.79 Å². The van der Waals surface area contributed by atoms with Crippen LogP contribution >= 0.6 is 23.2 Å². The first-order valence-electron chi connectivity index (χ1n) is 6.71. The Morgan fingerprint density at radius 1 is 1.00 bits per heavy atom. The van der Waals surface area contributed by atoms with E-state index in [4.69, 9.17) is 27.9 Å². The molecule has 0 heterocycles. The second-order valence-electron chi connectivity index (χ2n) is 4.62. The molecule has 0 aliphatic carbocycles. The zero-order valence-corrected chi connectivity index (χ0v) is 14.1. The van der Waals surface area contributed by atoms with Crippen LogP contribution in [0.4, 0.5) is 5.69 Å². The quantitative estimate of drug-likeness (QED) is 0.614. The van der Waals surface area contributed by atoms with Gasteiger partial charge in [0.1, 0.15) is 6.61 Å². The van der Waals surface area contributed by atoms with Gasteiger partial charge in [-0.2, -0.15) is 0 Å². The molecule has 0 atom stereocenters. The second kappa shape index (κ2) is 10.1. The van der Waals surface area contributed by atoms with Gasteiger partial charge in [-0.3, -0.25) is 0 Å². The van der Waals surface area contributed by atoms with Gasteiger partial charge in [0.25, 0.3) is 0 Å². The summed E-state index contributed by atoms with van der Waals surface area (Å²) in [6.45, 7) is 0.204. The highest BCUT2D eigenvalue weighted by Gasteiger charge is 2.12. The molecule has 118 valence electrons. The number of ether oxygens (including phenoxy) is 1. The lowest BCUT2D eigenvalue weighted by Gasteiger charge is -2.10. The molecular formula is C17H19Cl2NO2. The summed E-state index contributed by atoms with van der Waals surface area (Å²) in [7, 11) is 4.07. The number of halogens is 2. The predicted molar refractivity (Wildman–Crippen MR) is 92.5 cm³/mol. The summed E-state index contributed by atoms with van der Waals surface area (Å²) in [5.41, 5.74) is 2.15. The molecular weight excluding hydrogens is 321 g/mol. The lowest BCUT2D eigenvalue weighted by atomic mass is 10.2. The zero-order chi connectivity index (χ0) is 16.4. The van der Waals surface area contributed by atoms with Crippen molar-refractivity contribution in [2.24, 2.45) is 0 Å². The van der Waals surface area contributed by atoms with Crippen molar-refractivity contribution < 1.29 is 9.53 Å². The first-order valence-corrected chi connectivity index (χ1v) is 7.59. The molecule has 22 heavy (non-hydrogen) atoms. The van der Waals surface area contributed by atoms with Crippen LogP contribution in [0, 0.1) is 0 Å². The van der Waals surface area contributed by atoms with Crippen LogP contribution in [0.3, 0.4) is 0 Å². The Morgan fingerprint density at radius 2 is 1.50 bits per heavy atom. The Hall–Kier alpha value is -1.71. The van der Waals surface area contributed by atoms with Crippen molar-refractivity contribution in [3.8, 4) is 0 Å². The molecule has 0 aliphatic heterocycles. The molecule has 0 N–H and O–H groups in total. The molecule has 0 bridgehead atoms. The smallest absolute Gasteiger partial charge is 0.339 e. The van der Waals surface area contributed by atoms with E-state index in [-0.39, 0.29) is 6.61 Å². The van der Waals surface area contributed by atoms with Gasteiger partial charge in [0.2, 0.25) is 4.84 Å². The Bertz CT molecular complexity index is 545. The average molecular weight is 340 g/mol. The number of alkyl halides is 2. The SMILES string of the molecule is CN(C)c1ccccc1.O=C(OCc1ccccc1)C(Cl)Cl. The number of benzene rings is 2. The summed E-state index contributed by atoms with van der Waals surface area (Å²) in [6.07, 6.45) is 0. The Kier molecular flexibility index (Phi) is 8.41. The van der Waals surface area contributed by atoms with Gasteiger partial charge in [0, 0.05) is 19.8 Å². The van der Waals surface area contributed by atoms with E-state index in [2.05, 4.69) is 17.0 Å². The molecule has 2 aromatic carbocycles. The fourth-order valence-corrected chi connectivity index (χ4v) is 1.64. The molecule has 5 heteroatoms. The highest BCUT2D eigenvalue weighted by Crippen LogP contribution is 2.08. The van der Waals surface area contributed by atoms with Crippen LogP contribution in [0.15, 0.2) is 60.7 Å². The third-order valence-electron chi connectivity index (χ3n) is 2.67. The largest absolute Gasteiger partial charge is 0.459 e. The average Bonchev–Trinajstić information content (AvgIpc) is 2.55. The normalized spacial score (nSPS) is 9.68. The van der Waals surface area contributed by atoms with Crippen molar-refractivity contribution in [2.45, 2.75) is 11.4 Å². The van der Waals surface area contributed by atoms with Crippen LogP contribution in [0.5, 0.6) is 0 Å². The van der Waals surface area contributed by atoms with E-state index in [1.165, 1.54) is 5.69 Å². The minimum Gasteiger partial charge on any atom is -0.459 e. The predicted octanol–water partition coefficient (Wildman–Crippen LogP) is 4.29. The van der Waals surface area contributed by atoms with Crippen LogP contribution < -0.4 is 4.90 Å². The molecule has 0 aromatic heterocycles. The van der Waals surface area contributed by atoms with Gasteiger partial charge in [0.05, 0.1) is 0 Å². The molecule has 0 amide bonds. The van der Waals surface area contributed by atoms with Gasteiger partial charge in [-0.15, -0.1) is 0 Å². The lowest BCUT2D eigenvalue weighted by Crippen LogP contribution is -2.11. The number of anilines is 1. The fourth-order valence-electron chi connectivity index (χ4n) is 1.52. The summed E-state index contributed by atoms with van der Waals surface area (Å²) in [4.78, 5) is 11.8. The third-order valence-corrected chi connectivity index (χ3v) is 3.03. The van der Waals surface area contributed by atoms with Crippen LogP contribution in [0.1, 0.15) is 5.56 Å². The zero-order valence-electron chi connectivity index (χ0n) is 12.6. The number of hydrogen-bond acceptors (Lipinski definition) is 3. The van der Waals surface area contributed by atoms with Crippen LogP contribution in [-0.2, 0) is 16.1 Å². The summed E-state index contributed by atoms with van der Waals surface area (Å²) in [5.74, 6) is -0.618. The van der Waals surface area contributed by atoms with E-state index in [0.717, 1.165) is 5.56 Å². The van der Waals surface area contributed by atoms with Gasteiger partial charge in [-0.25, -0.2) is 4.79 Å². The van der Waals surface area contributed by atoms with Crippen molar-refractivity contribution in [3.63, 3.8) is 0 Å². The maximum Gasteiger partial charge on any atom is 0.339 e. The van der Waals surface area contributed by atoms with Crippen molar-refractivity contribution in [1.29, 1.82) is 0 Å². The molecule has 3 nitrogen and oxygen atoms in total. The van der Waals surface area contributed by atoms with Gasteiger partial charge in [-0.1, -0.05) is 71.7 Å². The summed E-state index contributed by atoms with van der Waals surface area (Å²) in [6, 6.07) is 19.6. The molecule has 2 aromatic rings. The minimum atomic E-state index is -1.11. The highest BCUT2D eigenvalue weighted by atomic mass is 35.5. The van der Waals surface area contributed by atoms with E-state index in [1.54, 1.807) is 0 Å². The number of carbonyl (C=O) groups is 1. The molecule has 0 saturated heterocycles. The maximum atomic E-state index is 10.8. The van der Waals surface area contributed by atoms with Gasteiger partial charge in [0.15, 0.2) is 0 Å². The second-order valence-corrected chi connectivity index (χ2v) is 5.72. The number of hydrogen-bond donors (Lipinski definition) is 0. The van der Waals surface area contributed by atoms with Crippen LogP contribution in [-0.4, -0.2) is 24.9 Å². The molecule has 0 spiro atoms. The third kappa shape index (κ3) is 7.34. The number of rotatable bonds is 4. The Labute approximate surface area is 141 Å². The summed E-state index contributed by atoms with van der Waals surface area (Å²) >= 11 is 10.6. The van der Waals surface area contributed by atoms with Crippen molar-refractivity contribution in [2.75, 3.05) is 19.0 Å². The van der Waals surface area contributed by atoms with Crippen LogP contribution in [0.25, 0.3) is 0 Å². The van der Waals surface area contributed by atoms with E-state index in [0.29, 0.717) is 0 Å². The highest BCUT2D eigenvalue weighted by molar-refractivity contribution is 6.52. The van der Waals surface area contributed by atoms with Crippen molar-refractivity contribution in [3.05, 3.63) is 66.2 Å². The Morgan fingerprint density at radius 3 is 1.91 bits per heavy atom. The lowest BCUT2D eigenvalue weighted by molar-refractivity contribution is -0.142. The first kappa shape index (κ1) is 18.3. The van der Waals surface area contributed by atoms with Crippen molar-refractivity contribution >= 4 is 34.9 Å². The topological polar surface area (TPSA) is 29.5 Å². The molecule has 0 aliphatic rings. The minimum absolute atomic E-state index is 0.204. The van der Waals surface area contributed by atoms with Crippen molar-refractivity contribution in [1.82, 2.24) is 0 Å². The van der Waals surface area contributed by atoms with Crippen LogP contribution in [0.2, 0.25) is 0 Å². The maximum absolute atomic E-state index is 10.8. The van der Waals surface area contributed by atoms with E-state index < -0.39 is 10.8 Å². The van der Waals surface area contributed by atoms with Gasteiger partial charge in [-0.05, 0) is 17.7 Å². The summed E-state index contributed by atoms with van der Waals surface area (Å²) in [5, 5.41) is 0. The van der Waals surface area contributed by atoms with E-state index >= 15 is 0 Å². The molecule has 2 rings (SSSR count). The molecule has 0 radical (unpaired) electrons.